The highest BCUT2D eigenvalue weighted by molar-refractivity contribution is 7.99. The molecule has 5 heteroatoms. The second-order valence-corrected chi connectivity index (χ2v) is 5.82. The molecule has 0 aliphatic rings. The summed E-state index contributed by atoms with van der Waals surface area (Å²) < 4.78 is 39.2. The van der Waals surface area contributed by atoms with Gasteiger partial charge in [0.05, 0.1) is 5.56 Å². The summed E-state index contributed by atoms with van der Waals surface area (Å²) >= 11 is 1.50. The maximum absolute atomic E-state index is 13.1. The SMILES string of the molecule is CCCCCSc1ccc(CNCC)c(C(F)(F)F)c1. The fourth-order valence-corrected chi connectivity index (χ4v) is 2.81. The van der Waals surface area contributed by atoms with Gasteiger partial charge in [-0.25, -0.2) is 0 Å². The number of unbranched alkanes of at least 4 members (excludes halogenated alkanes) is 2. The van der Waals surface area contributed by atoms with E-state index in [1.165, 1.54) is 17.8 Å². The molecule has 0 atom stereocenters. The van der Waals surface area contributed by atoms with Crippen molar-refractivity contribution in [3.05, 3.63) is 29.3 Å². The van der Waals surface area contributed by atoms with Gasteiger partial charge in [0.2, 0.25) is 0 Å². The summed E-state index contributed by atoms with van der Waals surface area (Å²) in [5.74, 6) is 0.873. The van der Waals surface area contributed by atoms with Crippen LogP contribution in [0.1, 0.15) is 44.2 Å². The van der Waals surface area contributed by atoms with Gasteiger partial charge in [-0.3, -0.25) is 0 Å². The van der Waals surface area contributed by atoms with Crippen molar-refractivity contribution in [3.8, 4) is 0 Å². The zero-order valence-electron chi connectivity index (χ0n) is 12.0. The predicted molar refractivity (Wildman–Crippen MR) is 79.1 cm³/mol. The summed E-state index contributed by atoms with van der Waals surface area (Å²) in [5, 5.41) is 2.95. The zero-order valence-corrected chi connectivity index (χ0v) is 12.8. The van der Waals surface area contributed by atoms with Crippen molar-refractivity contribution in [2.45, 2.75) is 50.7 Å². The van der Waals surface area contributed by atoms with Crippen LogP contribution in [0.5, 0.6) is 0 Å². The van der Waals surface area contributed by atoms with Gasteiger partial charge in [-0.15, -0.1) is 11.8 Å². The molecule has 1 aromatic carbocycles. The third-order valence-corrected chi connectivity index (χ3v) is 4.05. The van der Waals surface area contributed by atoms with E-state index in [-0.39, 0.29) is 6.54 Å². The van der Waals surface area contributed by atoms with Crippen LogP contribution in [0.25, 0.3) is 0 Å². The van der Waals surface area contributed by atoms with E-state index in [4.69, 9.17) is 0 Å². The molecule has 1 aromatic rings. The number of hydrogen-bond acceptors (Lipinski definition) is 2. The molecule has 1 N–H and O–H groups in total. The maximum atomic E-state index is 13.1. The number of thioether (sulfide) groups is 1. The van der Waals surface area contributed by atoms with Gasteiger partial charge < -0.3 is 5.32 Å². The average Bonchev–Trinajstić information content (AvgIpc) is 2.41. The average molecular weight is 305 g/mol. The lowest BCUT2D eigenvalue weighted by Gasteiger charge is -2.14. The van der Waals surface area contributed by atoms with Crippen LogP contribution in [0, 0.1) is 0 Å². The fraction of sp³-hybridized carbons (Fsp3) is 0.600. The van der Waals surface area contributed by atoms with Crippen LogP contribution in [0.2, 0.25) is 0 Å². The molecule has 0 aromatic heterocycles. The smallest absolute Gasteiger partial charge is 0.313 e. The fourth-order valence-electron chi connectivity index (χ4n) is 1.87. The van der Waals surface area contributed by atoms with E-state index in [1.807, 2.05) is 6.92 Å². The van der Waals surface area contributed by atoms with Gasteiger partial charge in [0.25, 0.3) is 0 Å². The molecule has 1 rings (SSSR count). The van der Waals surface area contributed by atoms with E-state index < -0.39 is 11.7 Å². The Bertz CT molecular complexity index is 405. The summed E-state index contributed by atoms with van der Waals surface area (Å²) in [6.07, 6.45) is -1.000. The monoisotopic (exact) mass is 305 g/mol. The van der Waals surface area contributed by atoms with Gasteiger partial charge in [-0.2, -0.15) is 13.2 Å². The molecule has 0 heterocycles. The van der Waals surface area contributed by atoms with Crippen molar-refractivity contribution in [2.24, 2.45) is 0 Å². The Morgan fingerprint density at radius 2 is 1.90 bits per heavy atom. The van der Waals surface area contributed by atoms with Crippen molar-refractivity contribution in [1.82, 2.24) is 5.32 Å². The summed E-state index contributed by atoms with van der Waals surface area (Å²) in [6, 6.07) is 4.66. The van der Waals surface area contributed by atoms with E-state index in [2.05, 4.69) is 12.2 Å². The van der Waals surface area contributed by atoms with Gasteiger partial charge in [0, 0.05) is 11.4 Å². The quantitative estimate of drug-likeness (QED) is 0.530. The van der Waals surface area contributed by atoms with E-state index in [0.717, 1.165) is 25.0 Å². The molecule has 0 saturated carbocycles. The highest BCUT2D eigenvalue weighted by Crippen LogP contribution is 2.35. The summed E-state index contributed by atoms with van der Waals surface area (Å²) in [5.41, 5.74) is -0.198. The number of rotatable bonds is 8. The van der Waals surface area contributed by atoms with Crippen LogP contribution >= 0.6 is 11.8 Å². The zero-order chi connectivity index (χ0) is 15.0. The molecule has 114 valence electrons. The lowest BCUT2D eigenvalue weighted by Crippen LogP contribution is -2.17. The number of hydrogen-bond donors (Lipinski definition) is 1. The Kier molecular flexibility index (Phi) is 7.45. The minimum Gasteiger partial charge on any atom is -0.313 e. The molecule has 0 aliphatic carbocycles. The minimum absolute atomic E-state index is 0.256. The largest absolute Gasteiger partial charge is 0.416 e. The number of benzene rings is 1. The number of alkyl halides is 3. The lowest BCUT2D eigenvalue weighted by atomic mass is 10.1. The van der Waals surface area contributed by atoms with E-state index >= 15 is 0 Å². The van der Waals surface area contributed by atoms with Crippen LogP contribution in [0.3, 0.4) is 0 Å². The minimum atomic E-state index is -4.29. The van der Waals surface area contributed by atoms with Crippen molar-refractivity contribution in [1.29, 1.82) is 0 Å². The molecular formula is C15H22F3NS. The summed E-state index contributed by atoms with van der Waals surface area (Å²) in [7, 11) is 0. The highest BCUT2D eigenvalue weighted by atomic mass is 32.2. The standard InChI is InChI=1S/C15H22F3NS/c1-3-5-6-9-20-13-8-7-12(11-19-4-2)14(10-13)15(16,17)18/h7-8,10,19H,3-6,9,11H2,1-2H3. The van der Waals surface area contributed by atoms with Crippen LogP contribution in [-0.4, -0.2) is 12.3 Å². The normalized spacial score (nSPS) is 11.8. The first kappa shape index (κ1) is 17.4. The topological polar surface area (TPSA) is 12.0 Å². The van der Waals surface area contributed by atoms with Gasteiger partial charge >= 0.3 is 6.18 Å². The molecular weight excluding hydrogens is 283 g/mol. The first-order chi connectivity index (χ1) is 9.49. The third-order valence-electron chi connectivity index (χ3n) is 2.97. The Hall–Kier alpha value is -0.680. The molecule has 0 fully saturated rings. The van der Waals surface area contributed by atoms with Crippen LogP contribution in [0.15, 0.2) is 23.1 Å². The molecule has 0 saturated heterocycles. The van der Waals surface area contributed by atoms with Crippen molar-refractivity contribution in [3.63, 3.8) is 0 Å². The molecule has 20 heavy (non-hydrogen) atoms. The van der Waals surface area contributed by atoms with Crippen molar-refractivity contribution < 1.29 is 13.2 Å². The second-order valence-electron chi connectivity index (χ2n) is 4.65. The predicted octanol–water partition coefficient (Wildman–Crippen LogP) is 5.10. The Labute approximate surface area is 123 Å². The van der Waals surface area contributed by atoms with E-state index in [9.17, 15) is 13.2 Å². The highest BCUT2D eigenvalue weighted by Gasteiger charge is 2.33. The number of halogens is 3. The maximum Gasteiger partial charge on any atom is 0.416 e. The molecule has 0 spiro atoms. The lowest BCUT2D eigenvalue weighted by molar-refractivity contribution is -0.138. The molecule has 0 aliphatic heterocycles. The summed E-state index contributed by atoms with van der Waals surface area (Å²) in [6.45, 7) is 4.91. The third kappa shape index (κ3) is 5.75. The van der Waals surface area contributed by atoms with Gasteiger partial charge in [-0.1, -0.05) is 32.8 Å². The molecule has 1 nitrogen and oxygen atoms in total. The first-order valence-electron chi connectivity index (χ1n) is 7.02. The Morgan fingerprint density at radius 1 is 1.15 bits per heavy atom. The molecule has 0 unspecified atom stereocenters. The Balaban J connectivity index is 2.79. The van der Waals surface area contributed by atoms with Crippen LogP contribution in [-0.2, 0) is 12.7 Å². The van der Waals surface area contributed by atoms with Gasteiger partial charge in [-0.05, 0) is 36.4 Å². The van der Waals surface area contributed by atoms with Crippen LogP contribution < -0.4 is 5.32 Å². The number of nitrogens with one attached hydrogen (secondary N) is 1. The first-order valence-corrected chi connectivity index (χ1v) is 8.01. The van der Waals surface area contributed by atoms with Crippen molar-refractivity contribution >= 4 is 11.8 Å². The van der Waals surface area contributed by atoms with Crippen molar-refractivity contribution in [2.75, 3.05) is 12.3 Å². The molecule has 0 amide bonds. The van der Waals surface area contributed by atoms with Gasteiger partial charge in [0.15, 0.2) is 0 Å². The summed E-state index contributed by atoms with van der Waals surface area (Å²) in [4.78, 5) is 0.702. The van der Waals surface area contributed by atoms with Crippen LogP contribution in [0.4, 0.5) is 13.2 Å². The molecule has 0 radical (unpaired) electrons. The van der Waals surface area contributed by atoms with E-state index in [1.54, 1.807) is 12.1 Å². The Morgan fingerprint density at radius 3 is 2.50 bits per heavy atom. The molecule has 0 bridgehead atoms. The second kappa shape index (κ2) is 8.57. The van der Waals surface area contributed by atoms with E-state index in [0.29, 0.717) is 17.0 Å². The van der Waals surface area contributed by atoms with Gasteiger partial charge in [0.1, 0.15) is 0 Å².